The Morgan fingerprint density at radius 2 is 2.05 bits per heavy atom. The van der Waals surface area contributed by atoms with Crippen LogP contribution in [0, 0.1) is 11.8 Å². The molecule has 1 saturated carbocycles. The van der Waals surface area contributed by atoms with Gasteiger partial charge in [-0.05, 0) is 38.1 Å². The van der Waals surface area contributed by atoms with Crippen molar-refractivity contribution >= 4 is 23.6 Å². The standard InChI is InChI=1S/C13H20N2O3S/c16-11(9-2-1-5-14-6-9)15-10(13(17)18)7-19-12(15)8-3-4-8/h8-10,12,14H,1-7H2,(H,17,18)/t9-,10?,12?/m0/s1. The summed E-state index contributed by atoms with van der Waals surface area (Å²) in [6, 6.07) is -0.620. The number of carbonyl (C=O) groups is 2. The first-order chi connectivity index (χ1) is 9.18. The zero-order chi connectivity index (χ0) is 13.4. The van der Waals surface area contributed by atoms with Crippen molar-refractivity contribution in [2.24, 2.45) is 11.8 Å². The summed E-state index contributed by atoms with van der Waals surface area (Å²) in [6.45, 7) is 1.66. The number of nitrogens with zero attached hydrogens (tertiary/aromatic N) is 1. The van der Waals surface area contributed by atoms with E-state index in [2.05, 4.69) is 5.32 Å². The lowest BCUT2D eigenvalue weighted by Gasteiger charge is -2.32. The highest BCUT2D eigenvalue weighted by Gasteiger charge is 2.49. The van der Waals surface area contributed by atoms with Crippen LogP contribution in [0.15, 0.2) is 0 Å². The molecule has 2 N–H and O–H groups in total. The number of carbonyl (C=O) groups excluding carboxylic acids is 1. The van der Waals surface area contributed by atoms with Crippen LogP contribution in [0.1, 0.15) is 25.7 Å². The Kier molecular flexibility index (Phi) is 3.71. The van der Waals surface area contributed by atoms with Gasteiger partial charge in [-0.2, -0.15) is 0 Å². The molecular formula is C13H20N2O3S. The molecule has 0 bridgehead atoms. The summed E-state index contributed by atoms with van der Waals surface area (Å²) in [5.41, 5.74) is 0. The topological polar surface area (TPSA) is 69.6 Å². The predicted molar refractivity (Wildman–Crippen MR) is 72.8 cm³/mol. The molecule has 106 valence electrons. The summed E-state index contributed by atoms with van der Waals surface area (Å²) in [7, 11) is 0. The Bertz CT molecular complexity index is 380. The summed E-state index contributed by atoms with van der Waals surface area (Å²) >= 11 is 1.65. The fraction of sp³-hybridized carbons (Fsp3) is 0.846. The molecule has 2 aliphatic heterocycles. The van der Waals surface area contributed by atoms with Gasteiger partial charge in [-0.25, -0.2) is 4.79 Å². The highest BCUT2D eigenvalue weighted by molar-refractivity contribution is 8.00. The van der Waals surface area contributed by atoms with Crippen LogP contribution in [0.4, 0.5) is 0 Å². The van der Waals surface area contributed by atoms with Crippen LogP contribution in [-0.4, -0.2) is 52.1 Å². The molecule has 2 unspecified atom stereocenters. The number of thioether (sulfide) groups is 1. The van der Waals surface area contributed by atoms with Gasteiger partial charge < -0.3 is 15.3 Å². The molecule has 3 aliphatic rings. The van der Waals surface area contributed by atoms with E-state index < -0.39 is 12.0 Å². The smallest absolute Gasteiger partial charge is 0.327 e. The van der Waals surface area contributed by atoms with E-state index in [0.29, 0.717) is 18.2 Å². The maximum atomic E-state index is 12.7. The van der Waals surface area contributed by atoms with Crippen LogP contribution in [0.3, 0.4) is 0 Å². The molecule has 19 heavy (non-hydrogen) atoms. The molecule has 0 aromatic carbocycles. The molecule has 3 rings (SSSR count). The third-order valence-corrected chi connectivity index (χ3v) is 5.71. The van der Waals surface area contributed by atoms with Crippen molar-refractivity contribution in [2.45, 2.75) is 37.1 Å². The number of piperidine rings is 1. The third kappa shape index (κ3) is 2.60. The highest BCUT2D eigenvalue weighted by Crippen LogP contribution is 2.46. The Labute approximate surface area is 117 Å². The number of carboxylic acids is 1. The van der Waals surface area contributed by atoms with E-state index in [4.69, 9.17) is 0 Å². The van der Waals surface area contributed by atoms with E-state index in [9.17, 15) is 14.7 Å². The van der Waals surface area contributed by atoms with E-state index in [1.807, 2.05) is 0 Å². The van der Waals surface area contributed by atoms with Crippen LogP contribution in [-0.2, 0) is 9.59 Å². The van der Waals surface area contributed by atoms with Crippen molar-refractivity contribution in [2.75, 3.05) is 18.8 Å². The lowest BCUT2D eigenvalue weighted by Crippen LogP contribution is -2.51. The average Bonchev–Trinajstić information content (AvgIpc) is 3.17. The summed E-state index contributed by atoms with van der Waals surface area (Å²) in [5, 5.41) is 12.7. The van der Waals surface area contributed by atoms with Gasteiger partial charge in [-0.1, -0.05) is 0 Å². The quantitative estimate of drug-likeness (QED) is 0.800. The second kappa shape index (κ2) is 5.32. The minimum atomic E-state index is -0.854. The van der Waals surface area contributed by atoms with E-state index in [1.54, 1.807) is 16.7 Å². The molecule has 6 heteroatoms. The minimum Gasteiger partial charge on any atom is -0.480 e. The number of amides is 1. The zero-order valence-corrected chi connectivity index (χ0v) is 11.7. The maximum Gasteiger partial charge on any atom is 0.327 e. The first kappa shape index (κ1) is 13.2. The normalized spacial score (nSPS) is 35.4. The number of carboxylic acid groups (broad SMARTS) is 1. The molecule has 5 nitrogen and oxygen atoms in total. The number of nitrogens with one attached hydrogen (secondary N) is 1. The van der Waals surface area contributed by atoms with Crippen molar-refractivity contribution in [1.82, 2.24) is 10.2 Å². The van der Waals surface area contributed by atoms with Gasteiger partial charge in [0.2, 0.25) is 5.91 Å². The molecule has 0 radical (unpaired) electrons. The van der Waals surface area contributed by atoms with Gasteiger partial charge in [-0.3, -0.25) is 4.79 Å². The second-order valence-electron chi connectivity index (χ2n) is 5.70. The number of hydrogen-bond acceptors (Lipinski definition) is 4. The summed E-state index contributed by atoms with van der Waals surface area (Å²) in [5.74, 6) is 0.238. The molecule has 1 aliphatic carbocycles. The molecule has 1 amide bonds. The number of aliphatic carboxylic acids is 1. The molecule has 0 aromatic heterocycles. The SMILES string of the molecule is O=C(O)C1CSC(C2CC2)N1C(=O)[C@H]1CCCNC1. The van der Waals surface area contributed by atoms with Crippen LogP contribution < -0.4 is 5.32 Å². The van der Waals surface area contributed by atoms with E-state index in [0.717, 1.165) is 32.2 Å². The van der Waals surface area contributed by atoms with Crippen LogP contribution in [0.5, 0.6) is 0 Å². The maximum absolute atomic E-state index is 12.7. The highest BCUT2D eigenvalue weighted by atomic mass is 32.2. The summed E-state index contributed by atoms with van der Waals surface area (Å²) in [6.07, 6.45) is 4.16. The van der Waals surface area contributed by atoms with Gasteiger partial charge in [0.15, 0.2) is 0 Å². The second-order valence-corrected chi connectivity index (χ2v) is 6.85. The lowest BCUT2D eigenvalue weighted by molar-refractivity contribution is -0.151. The molecule has 3 atom stereocenters. The van der Waals surface area contributed by atoms with E-state index in [-0.39, 0.29) is 17.2 Å². The lowest BCUT2D eigenvalue weighted by atomic mass is 9.97. The third-order valence-electron chi connectivity index (χ3n) is 4.25. The van der Waals surface area contributed by atoms with Gasteiger partial charge in [-0.15, -0.1) is 11.8 Å². The van der Waals surface area contributed by atoms with E-state index in [1.165, 1.54) is 0 Å². The molecule has 2 heterocycles. The fourth-order valence-corrected chi connectivity index (χ4v) is 4.65. The monoisotopic (exact) mass is 284 g/mol. The summed E-state index contributed by atoms with van der Waals surface area (Å²) < 4.78 is 0. The van der Waals surface area contributed by atoms with Crippen molar-refractivity contribution in [3.63, 3.8) is 0 Å². The number of hydrogen-bond donors (Lipinski definition) is 2. The first-order valence-electron chi connectivity index (χ1n) is 7.06. The summed E-state index contributed by atoms with van der Waals surface area (Å²) in [4.78, 5) is 25.7. The molecule has 0 spiro atoms. The van der Waals surface area contributed by atoms with Crippen molar-refractivity contribution in [3.05, 3.63) is 0 Å². The number of rotatable bonds is 3. The van der Waals surface area contributed by atoms with Gasteiger partial charge in [0.05, 0.1) is 11.3 Å². The Morgan fingerprint density at radius 3 is 2.63 bits per heavy atom. The molecule has 0 aromatic rings. The van der Waals surface area contributed by atoms with Crippen LogP contribution in [0.2, 0.25) is 0 Å². The van der Waals surface area contributed by atoms with Crippen molar-refractivity contribution in [1.29, 1.82) is 0 Å². The molecule has 2 saturated heterocycles. The largest absolute Gasteiger partial charge is 0.480 e. The molecule has 3 fully saturated rings. The Balaban J connectivity index is 1.76. The van der Waals surface area contributed by atoms with Crippen LogP contribution in [0.25, 0.3) is 0 Å². The average molecular weight is 284 g/mol. The Hall–Kier alpha value is -0.750. The molecular weight excluding hydrogens is 264 g/mol. The van der Waals surface area contributed by atoms with Gasteiger partial charge in [0.1, 0.15) is 6.04 Å². The van der Waals surface area contributed by atoms with E-state index >= 15 is 0 Å². The first-order valence-corrected chi connectivity index (χ1v) is 8.10. The predicted octanol–water partition coefficient (Wildman–Crippen LogP) is 0.751. The fourth-order valence-electron chi connectivity index (χ4n) is 3.01. The Morgan fingerprint density at radius 1 is 1.26 bits per heavy atom. The van der Waals surface area contributed by atoms with Gasteiger partial charge in [0.25, 0.3) is 0 Å². The van der Waals surface area contributed by atoms with Crippen molar-refractivity contribution < 1.29 is 14.7 Å². The van der Waals surface area contributed by atoms with Gasteiger partial charge in [0, 0.05) is 12.3 Å². The van der Waals surface area contributed by atoms with Crippen molar-refractivity contribution in [3.8, 4) is 0 Å². The van der Waals surface area contributed by atoms with Crippen LogP contribution >= 0.6 is 11.8 Å². The minimum absolute atomic E-state index is 0.0319. The van der Waals surface area contributed by atoms with Gasteiger partial charge >= 0.3 is 5.97 Å². The zero-order valence-electron chi connectivity index (χ0n) is 10.9.